The van der Waals surface area contributed by atoms with Crippen molar-refractivity contribution in [3.63, 3.8) is 0 Å². The van der Waals surface area contributed by atoms with Gasteiger partial charge < -0.3 is 14.5 Å². The number of rotatable bonds is 5. The summed E-state index contributed by atoms with van der Waals surface area (Å²) in [5.41, 5.74) is 3.00. The maximum Gasteiger partial charge on any atom is 0.254 e. The van der Waals surface area contributed by atoms with E-state index in [0.717, 1.165) is 35.4 Å². The molecule has 2 aliphatic rings. The van der Waals surface area contributed by atoms with Crippen molar-refractivity contribution in [2.75, 3.05) is 51.3 Å². The number of ether oxygens (including phenoxy) is 1. The monoisotopic (exact) mass is 485 g/mol. The Kier molecular flexibility index (Phi) is 7.19. The van der Waals surface area contributed by atoms with E-state index in [1.165, 1.54) is 0 Å². The minimum absolute atomic E-state index is 0.119. The molecule has 0 spiro atoms. The maximum atomic E-state index is 13.5. The van der Waals surface area contributed by atoms with Gasteiger partial charge in [0, 0.05) is 44.8 Å². The number of hydrogen-bond donors (Lipinski definition) is 0. The van der Waals surface area contributed by atoms with Gasteiger partial charge in [0.15, 0.2) is 0 Å². The summed E-state index contributed by atoms with van der Waals surface area (Å²) in [5, 5.41) is 0. The zero-order valence-electron chi connectivity index (χ0n) is 20.6. The minimum Gasteiger partial charge on any atom is -0.495 e. The molecule has 0 radical (unpaired) electrons. The molecule has 7 nitrogen and oxygen atoms in total. The third kappa shape index (κ3) is 4.79. The number of carbonyl (C=O) groups is 1. The van der Waals surface area contributed by atoms with Gasteiger partial charge in [0.1, 0.15) is 5.75 Å². The second-order valence-electron chi connectivity index (χ2n) is 9.45. The normalized spacial score (nSPS) is 18.2. The lowest BCUT2D eigenvalue weighted by molar-refractivity contribution is 0.0746. The Balaban J connectivity index is 1.53. The number of piperidine rings is 1. The second kappa shape index (κ2) is 9.96. The van der Waals surface area contributed by atoms with Gasteiger partial charge in [-0.1, -0.05) is 19.1 Å². The predicted molar refractivity (Wildman–Crippen MR) is 134 cm³/mol. The van der Waals surface area contributed by atoms with Crippen LogP contribution in [0.5, 0.6) is 5.75 Å². The molecule has 0 bridgehead atoms. The van der Waals surface area contributed by atoms with E-state index in [-0.39, 0.29) is 10.8 Å². The number of para-hydroxylation sites is 2. The largest absolute Gasteiger partial charge is 0.495 e. The number of carbonyl (C=O) groups excluding carboxylic acids is 1. The molecule has 0 aromatic heterocycles. The number of hydrogen-bond acceptors (Lipinski definition) is 5. The Labute approximate surface area is 203 Å². The van der Waals surface area contributed by atoms with Gasteiger partial charge in [-0.05, 0) is 68.0 Å². The number of anilines is 1. The van der Waals surface area contributed by atoms with Gasteiger partial charge in [0.05, 0.1) is 17.7 Å². The first-order valence-electron chi connectivity index (χ1n) is 12.0. The van der Waals surface area contributed by atoms with E-state index in [4.69, 9.17) is 4.74 Å². The average molecular weight is 486 g/mol. The van der Waals surface area contributed by atoms with Crippen molar-refractivity contribution in [2.45, 2.75) is 38.5 Å². The summed E-state index contributed by atoms with van der Waals surface area (Å²) in [6, 6.07) is 11.3. The molecule has 2 aromatic rings. The van der Waals surface area contributed by atoms with E-state index >= 15 is 0 Å². The van der Waals surface area contributed by atoms with Crippen LogP contribution in [0.15, 0.2) is 41.3 Å². The molecular weight excluding hydrogens is 450 g/mol. The molecule has 2 heterocycles. The summed E-state index contributed by atoms with van der Waals surface area (Å²) in [4.78, 5) is 17.7. The SMILES string of the molecule is COc1ccccc1N1CCN(C(=O)c2cc(C)c(C)c(S(=O)(=O)N3CCC(C)CC3)c2)CC1. The van der Waals surface area contributed by atoms with Gasteiger partial charge in [-0.3, -0.25) is 4.79 Å². The van der Waals surface area contributed by atoms with Crippen LogP contribution in [-0.2, 0) is 10.0 Å². The Morgan fingerprint density at radius 2 is 1.62 bits per heavy atom. The number of piperazine rings is 1. The molecule has 0 atom stereocenters. The molecule has 2 saturated heterocycles. The molecular formula is C26H35N3O4S. The fourth-order valence-electron chi connectivity index (χ4n) is 4.81. The quantitative estimate of drug-likeness (QED) is 0.646. The molecule has 1 amide bonds. The van der Waals surface area contributed by atoms with Crippen LogP contribution < -0.4 is 9.64 Å². The van der Waals surface area contributed by atoms with E-state index in [0.29, 0.717) is 50.7 Å². The van der Waals surface area contributed by atoms with Gasteiger partial charge in [-0.2, -0.15) is 4.31 Å². The van der Waals surface area contributed by atoms with E-state index in [2.05, 4.69) is 11.8 Å². The highest BCUT2D eigenvalue weighted by atomic mass is 32.2. The van der Waals surface area contributed by atoms with Gasteiger partial charge >= 0.3 is 0 Å². The number of methoxy groups -OCH3 is 1. The highest BCUT2D eigenvalue weighted by molar-refractivity contribution is 7.89. The molecule has 0 N–H and O–H groups in total. The van der Waals surface area contributed by atoms with Crippen LogP contribution >= 0.6 is 0 Å². The van der Waals surface area contributed by atoms with Crippen LogP contribution in [0.2, 0.25) is 0 Å². The standard InChI is InChI=1S/C26H35N3O4S/c1-19-9-11-29(12-10-19)34(31,32)25-18-22(17-20(2)21(25)3)26(30)28-15-13-27(14-16-28)23-7-5-6-8-24(23)33-4/h5-8,17-19H,9-16H2,1-4H3. The van der Waals surface area contributed by atoms with Crippen LogP contribution in [0, 0.1) is 19.8 Å². The van der Waals surface area contributed by atoms with Crippen molar-refractivity contribution in [1.29, 1.82) is 0 Å². The third-order valence-corrected chi connectivity index (χ3v) is 9.24. The van der Waals surface area contributed by atoms with Crippen molar-refractivity contribution in [3.8, 4) is 5.75 Å². The summed E-state index contributed by atoms with van der Waals surface area (Å²) >= 11 is 0. The van der Waals surface area contributed by atoms with Crippen molar-refractivity contribution >= 4 is 21.6 Å². The molecule has 8 heteroatoms. The molecule has 0 unspecified atom stereocenters. The first kappa shape index (κ1) is 24.5. The van der Waals surface area contributed by atoms with E-state index in [1.807, 2.05) is 49.1 Å². The van der Waals surface area contributed by atoms with Crippen LogP contribution in [0.3, 0.4) is 0 Å². The average Bonchev–Trinajstić information content (AvgIpc) is 2.85. The zero-order valence-corrected chi connectivity index (χ0v) is 21.4. The molecule has 0 aliphatic carbocycles. The Hall–Kier alpha value is -2.58. The van der Waals surface area contributed by atoms with Gasteiger partial charge in [-0.15, -0.1) is 0 Å². The number of sulfonamides is 1. The lowest BCUT2D eigenvalue weighted by Crippen LogP contribution is -2.49. The van der Waals surface area contributed by atoms with Gasteiger partial charge in [-0.25, -0.2) is 8.42 Å². The molecule has 0 saturated carbocycles. The summed E-state index contributed by atoms with van der Waals surface area (Å²) in [7, 11) is -1.98. The predicted octanol–water partition coefficient (Wildman–Crippen LogP) is 3.70. The first-order chi connectivity index (χ1) is 16.2. The van der Waals surface area contributed by atoms with Crippen LogP contribution in [0.25, 0.3) is 0 Å². The highest BCUT2D eigenvalue weighted by Crippen LogP contribution is 2.30. The maximum absolute atomic E-state index is 13.5. The van der Waals surface area contributed by atoms with Crippen molar-refractivity contribution in [1.82, 2.24) is 9.21 Å². The number of benzene rings is 2. The third-order valence-electron chi connectivity index (χ3n) is 7.22. The van der Waals surface area contributed by atoms with E-state index in [9.17, 15) is 13.2 Å². The molecule has 2 aromatic carbocycles. The Morgan fingerprint density at radius 3 is 2.26 bits per heavy atom. The molecule has 2 aliphatic heterocycles. The Bertz CT molecular complexity index is 1150. The summed E-state index contributed by atoms with van der Waals surface area (Å²) < 4.78 is 34.0. The molecule has 34 heavy (non-hydrogen) atoms. The van der Waals surface area contributed by atoms with Gasteiger partial charge in [0.25, 0.3) is 5.91 Å². The molecule has 2 fully saturated rings. The Morgan fingerprint density at radius 1 is 0.971 bits per heavy atom. The fraction of sp³-hybridized carbons (Fsp3) is 0.500. The van der Waals surface area contributed by atoms with E-state index in [1.54, 1.807) is 17.5 Å². The zero-order chi connectivity index (χ0) is 24.5. The molecule has 184 valence electrons. The van der Waals surface area contributed by atoms with Gasteiger partial charge in [0.2, 0.25) is 10.0 Å². The summed E-state index contributed by atoms with van der Waals surface area (Å²) in [5.74, 6) is 1.24. The smallest absolute Gasteiger partial charge is 0.254 e. The first-order valence-corrected chi connectivity index (χ1v) is 13.4. The van der Waals surface area contributed by atoms with Crippen molar-refractivity contribution < 1.29 is 17.9 Å². The number of nitrogens with zero attached hydrogens (tertiary/aromatic N) is 3. The second-order valence-corrected chi connectivity index (χ2v) is 11.4. The van der Waals surface area contributed by atoms with Crippen molar-refractivity contribution in [2.24, 2.45) is 5.92 Å². The van der Waals surface area contributed by atoms with Crippen LogP contribution in [0.1, 0.15) is 41.3 Å². The summed E-state index contributed by atoms with van der Waals surface area (Å²) in [6.07, 6.45) is 1.73. The fourth-order valence-corrected chi connectivity index (χ4v) is 6.60. The van der Waals surface area contributed by atoms with Crippen LogP contribution in [-0.4, -0.2) is 69.9 Å². The number of aryl methyl sites for hydroxylation is 1. The lowest BCUT2D eigenvalue weighted by Gasteiger charge is -2.36. The molecule has 4 rings (SSSR count). The lowest BCUT2D eigenvalue weighted by atomic mass is 10.0. The summed E-state index contributed by atoms with van der Waals surface area (Å²) in [6.45, 7) is 9.44. The highest BCUT2D eigenvalue weighted by Gasteiger charge is 2.31. The minimum atomic E-state index is -3.64. The van der Waals surface area contributed by atoms with Crippen molar-refractivity contribution in [3.05, 3.63) is 53.1 Å². The number of amides is 1. The van der Waals surface area contributed by atoms with Crippen LogP contribution in [0.4, 0.5) is 5.69 Å². The van der Waals surface area contributed by atoms with E-state index < -0.39 is 10.0 Å². The topological polar surface area (TPSA) is 70.2 Å².